The van der Waals surface area contributed by atoms with E-state index in [1.807, 2.05) is 18.2 Å². The second kappa shape index (κ2) is 10.9. The molecule has 0 aliphatic rings. The summed E-state index contributed by atoms with van der Waals surface area (Å²) in [5.41, 5.74) is 0. The van der Waals surface area contributed by atoms with Crippen molar-refractivity contribution in [1.82, 2.24) is 0 Å². The van der Waals surface area contributed by atoms with Gasteiger partial charge in [0.25, 0.3) is 0 Å². The summed E-state index contributed by atoms with van der Waals surface area (Å²) < 4.78 is 7.17. The maximum absolute atomic E-state index is 5.82. The molecule has 0 atom stereocenters. The number of unbranched alkanes of at least 4 members (excludes halogenated alkanes) is 6. The van der Waals surface area contributed by atoms with Gasteiger partial charge in [-0.25, -0.2) is 0 Å². The molecule has 17 heavy (non-hydrogen) atoms. The predicted octanol–water partition coefficient (Wildman–Crippen LogP) is 4.85. The van der Waals surface area contributed by atoms with Gasteiger partial charge in [0, 0.05) is 0 Å². The van der Waals surface area contributed by atoms with Gasteiger partial charge in [0.2, 0.25) is 0 Å². The Labute approximate surface area is 117 Å². The van der Waals surface area contributed by atoms with Gasteiger partial charge in [-0.3, -0.25) is 0 Å². The average molecular weight is 339 g/mol. The molecule has 0 aliphatic heterocycles. The van der Waals surface area contributed by atoms with E-state index in [0.717, 1.165) is 5.75 Å². The third-order valence-corrected chi connectivity index (χ3v) is 5.49. The molecular weight excluding hydrogens is 315 g/mol. The molecule has 1 rings (SSSR count). The topological polar surface area (TPSA) is 9.23 Å². The minimum absolute atomic E-state index is 0.598. The number of hydrogen-bond donors (Lipinski definition) is 0. The second-order valence-electron chi connectivity index (χ2n) is 4.43. The van der Waals surface area contributed by atoms with Gasteiger partial charge in [-0.1, -0.05) is 0 Å². The van der Waals surface area contributed by atoms with Crippen molar-refractivity contribution in [3.63, 3.8) is 0 Å². The van der Waals surface area contributed by atoms with Crippen molar-refractivity contribution in [1.29, 1.82) is 0 Å². The van der Waals surface area contributed by atoms with E-state index in [4.69, 9.17) is 3.07 Å². The van der Waals surface area contributed by atoms with Gasteiger partial charge in [-0.2, -0.15) is 0 Å². The first kappa shape index (κ1) is 14.9. The van der Waals surface area contributed by atoms with Crippen LogP contribution in [0.1, 0.15) is 51.9 Å². The van der Waals surface area contributed by atoms with Crippen LogP contribution in [-0.4, -0.2) is 21.6 Å². The Hall–Kier alpha value is -0.181. The molecule has 0 aliphatic carbocycles. The molecule has 1 aromatic carbocycles. The summed E-state index contributed by atoms with van der Waals surface area (Å²) in [5, 5.41) is 0. The molecule has 0 amide bonds. The molecule has 1 aromatic rings. The van der Waals surface area contributed by atoms with Crippen molar-refractivity contribution < 1.29 is 3.07 Å². The van der Waals surface area contributed by atoms with Crippen LogP contribution < -0.4 is 3.07 Å². The normalized spacial score (nSPS) is 10.4. The molecule has 0 fully saturated rings. The van der Waals surface area contributed by atoms with Crippen molar-refractivity contribution in [3.8, 4) is 5.75 Å². The molecule has 0 bridgehead atoms. The summed E-state index contributed by atoms with van der Waals surface area (Å²) in [5.74, 6) is 1.07. The first-order valence-electron chi connectivity index (χ1n) is 6.88. The summed E-state index contributed by atoms with van der Waals surface area (Å²) in [4.78, 5) is 0. The Kier molecular flexibility index (Phi) is 9.58. The van der Waals surface area contributed by atoms with Crippen molar-refractivity contribution in [3.05, 3.63) is 30.3 Å². The number of hydrogen-bond acceptors (Lipinski definition) is 1. The Balaban J connectivity index is 1.85. The van der Waals surface area contributed by atoms with Crippen LogP contribution in [0.4, 0.5) is 0 Å². The standard InChI is InChI=1S/C9H19.C6H6O.Sn/c1-3-5-7-9-8-6-4-2;7-6-4-2-1-3-5-6;/h1,3-9H2,2H3;1-5,7H;/q;;+1/p-1. The Bertz CT molecular complexity index is 261. The van der Waals surface area contributed by atoms with Gasteiger partial charge in [-0.05, 0) is 0 Å². The van der Waals surface area contributed by atoms with E-state index in [2.05, 4.69) is 19.1 Å². The molecule has 1 nitrogen and oxygen atoms in total. The van der Waals surface area contributed by atoms with E-state index >= 15 is 0 Å². The van der Waals surface area contributed by atoms with Crippen LogP contribution >= 0.6 is 0 Å². The molecule has 0 saturated heterocycles. The molecule has 0 heterocycles. The van der Waals surface area contributed by atoms with Crippen molar-refractivity contribution in [2.24, 2.45) is 0 Å². The fraction of sp³-hybridized carbons (Fsp3) is 0.600. The summed E-state index contributed by atoms with van der Waals surface area (Å²) in [7, 11) is 0. The number of benzene rings is 1. The molecule has 0 spiro atoms. The minimum atomic E-state index is -0.598. The molecule has 0 N–H and O–H groups in total. The third kappa shape index (κ3) is 8.53. The van der Waals surface area contributed by atoms with E-state index in [0.29, 0.717) is 0 Å². The fourth-order valence-corrected chi connectivity index (χ4v) is 4.06. The van der Waals surface area contributed by atoms with Gasteiger partial charge in [0.15, 0.2) is 0 Å². The van der Waals surface area contributed by atoms with Crippen LogP contribution in [-0.2, 0) is 0 Å². The van der Waals surface area contributed by atoms with E-state index in [9.17, 15) is 0 Å². The van der Waals surface area contributed by atoms with Crippen molar-refractivity contribution in [2.45, 2.75) is 56.3 Å². The molecule has 0 saturated carbocycles. The van der Waals surface area contributed by atoms with Gasteiger partial charge < -0.3 is 0 Å². The maximum atomic E-state index is 5.82. The van der Waals surface area contributed by atoms with Crippen LogP contribution in [0.15, 0.2) is 30.3 Å². The van der Waals surface area contributed by atoms with Gasteiger partial charge in [0.05, 0.1) is 0 Å². The SMILES string of the molecule is CCCCCCCC[CH2][Sn][O]c1ccccc1. The molecule has 2 heteroatoms. The molecule has 0 aromatic heterocycles. The molecular formula is C15H24OSn. The Morgan fingerprint density at radius 1 is 0.882 bits per heavy atom. The van der Waals surface area contributed by atoms with Gasteiger partial charge in [0.1, 0.15) is 0 Å². The van der Waals surface area contributed by atoms with Crippen LogP contribution in [0.5, 0.6) is 5.75 Å². The Morgan fingerprint density at radius 3 is 2.24 bits per heavy atom. The van der Waals surface area contributed by atoms with E-state index in [1.165, 1.54) is 49.4 Å². The van der Waals surface area contributed by atoms with Gasteiger partial charge >= 0.3 is 117 Å². The summed E-state index contributed by atoms with van der Waals surface area (Å²) >= 11 is -0.598. The summed E-state index contributed by atoms with van der Waals surface area (Å²) in [6.45, 7) is 2.27. The van der Waals surface area contributed by atoms with Crippen LogP contribution in [0.3, 0.4) is 0 Å². The van der Waals surface area contributed by atoms with E-state index < -0.39 is 21.6 Å². The zero-order chi connectivity index (χ0) is 12.2. The van der Waals surface area contributed by atoms with Gasteiger partial charge in [-0.15, -0.1) is 0 Å². The monoisotopic (exact) mass is 340 g/mol. The zero-order valence-corrected chi connectivity index (χ0v) is 13.8. The summed E-state index contributed by atoms with van der Waals surface area (Å²) in [6.07, 6.45) is 9.82. The number of rotatable bonds is 10. The number of para-hydroxylation sites is 1. The molecule has 94 valence electrons. The van der Waals surface area contributed by atoms with E-state index in [1.54, 1.807) is 0 Å². The van der Waals surface area contributed by atoms with Crippen molar-refractivity contribution >= 4 is 21.6 Å². The van der Waals surface area contributed by atoms with Crippen LogP contribution in [0, 0.1) is 0 Å². The van der Waals surface area contributed by atoms with Crippen LogP contribution in [0.2, 0.25) is 4.44 Å². The Morgan fingerprint density at radius 2 is 1.53 bits per heavy atom. The van der Waals surface area contributed by atoms with Crippen molar-refractivity contribution in [2.75, 3.05) is 0 Å². The molecule has 2 radical (unpaired) electrons. The van der Waals surface area contributed by atoms with Crippen LogP contribution in [0.25, 0.3) is 0 Å². The average Bonchev–Trinajstić information content (AvgIpc) is 2.38. The quantitative estimate of drug-likeness (QED) is 0.437. The third-order valence-electron chi connectivity index (χ3n) is 2.82. The predicted molar refractivity (Wildman–Crippen MR) is 75.6 cm³/mol. The van der Waals surface area contributed by atoms with E-state index in [-0.39, 0.29) is 0 Å². The first-order valence-corrected chi connectivity index (χ1v) is 10.1. The molecule has 0 unspecified atom stereocenters. The second-order valence-corrected chi connectivity index (χ2v) is 7.26. The summed E-state index contributed by atoms with van der Waals surface area (Å²) in [6, 6.07) is 10.2. The first-order chi connectivity index (χ1) is 8.43. The fourth-order valence-electron chi connectivity index (χ4n) is 1.78. The zero-order valence-electron chi connectivity index (χ0n) is 11.0.